The number of sulfonamides is 1. The summed E-state index contributed by atoms with van der Waals surface area (Å²) in [6.07, 6.45) is 1.59. The topological polar surface area (TPSA) is 110 Å². The molecule has 0 saturated heterocycles. The second-order valence-electron chi connectivity index (χ2n) is 5.88. The molecule has 29 heavy (non-hydrogen) atoms. The van der Waals surface area contributed by atoms with E-state index in [1.165, 1.54) is 0 Å². The normalized spacial score (nSPS) is 10.9. The first-order valence-electron chi connectivity index (χ1n) is 8.46. The molecule has 1 aromatic heterocycles. The van der Waals surface area contributed by atoms with Crippen molar-refractivity contribution in [2.45, 2.75) is 11.3 Å². The number of ether oxygens (including phenoxy) is 1. The molecule has 0 spiro atoms. The van der Waals surface area contributed by atoms with E-state index < -0.39 is 10.0 Å². The minimum atomic E-state index is -3.97. The Morgan fingerprint density at radius 2 is 2.00 bits per heavy atom. The minimum Gasteiger partial charge on any atom is -0.489 e. The Hall–Kier alpha value is -3.24. The van der Waals surface area contributed by atoms with E-state index in [1.54, 1.807) is 42.5 Å². The predicted molar refractivity (Wildman–Crippen MR) is 112 cm³/mol. The van der Waals surface area contributed by atoms with Gasteiger partial charge in [0.1, 0.15) is 12.4 Å². The minimum absolute atomic E-state index is 0.0849. The first-order chi connectivity index (χ1) is 13.9. The van der Waals surface area contributed by atoms with Crippen LogP contribution in [0.15, 0.2) is 65.5 Å². The highest BCUT2D eigenvalue weighted by Crippen LogP contribution is 2.25. The SMILES string of the molecule is C=CCOc1cccc(NS(=O)(=O)c2nnc(NC(=O)c3ccccc3C)s2)c1. The van der Waals surface area contributed by atoms with Crippen LogP contribution in [0, 0.1) is 6.92 Å². The van der Waals surface area contributed by atoms with Gasteiger partial charge in [-0.3, -0.25) is 14.8 Å². The van der Waals surface area contributed by atoms with Crippen molar-refractivity contribution in [3.05, 3.63) is 72.3 Å². The first kappa shape index (κ1) is 20.5. The molecule has 1 heterocycles. The zero-order valence-corrected chi connectivity index (χ0v) is 17.1. The Bertz CT molecular complexity index is 1140. The number of carbonyl (C=O) groups excluding carboxylic acids is 1. The maximum Gasteiger partial charge on any atom is 0.291 e. The van der Waals surface area contributed by atoms with Crippen LogP contribution in [0.1, 0.15) is 15.9 Å². The number of carbonyl (C=O) groups is 1. The van der Waals surface area contributed by atoms with Crippen LogP contribution in [0.4, 0.5) is 10.8 Å². The lowest BCUT2D eigenvalue weighted by molar-refractivity contribution is 0.102. The van der Waals surface area contributed by atoms with Crippen molar-refractivity contribution >= 4 is 38.1 Å². The molecular formula is C19H18N4O4S2. The molecule has 10 heteroatoms. The molecule has 0 radical (unpaired) electrons. The summed E-state index contributed by atoms with van der Waals surface area (Å²) in [4.78, 5) is 12.4. The van der Waals surface area contributed by atoms with E-state index in [0.717, 1.165) is 16.9 Å². The summed E-state index contributed by atoms with van der Waals surface area (Å²) in [6, 6.07) is 13.5. The van der Waals surface area contributed by atoms with Crippen LogP contribution in [-0.4, -0.2) is 31.1 Å². The van der Waals surface area contributed by atoms with Crippen molar-refractivity contribution in [3.63, 3.8) is 0 Å². The van der Waals surface area contributed by atoms with Crippen molar-refractivity contribution in [1.29, 1.82) is 0 Å². The molecule has 2 N–H and O–H groups in total. The average molecular weight is 431 g/mol. The fraction of sp³-hybridized carbons (Fsp3) is 0.105. The Kier molecular flexibility index (Phi) is 6.25. The van der Waals surface area contributed by atoms with Gasteiger partial charge in [-0.1, -0.05) is 48.3 Å². The summed E-state index contributed by atoms with van der Waals surface area (Å²) in [6.45, 7) is 5.67. The van der Waals surface area contributed by atoms with E-state index in [4.69, 9.17) is 4.74 Å². The fourth-order valence-electron chi connectivity index (χ4n) is 2.36. The maximum absolute atomic E-state index is 12.6. The van der Waals surface area contributed by atoms with Gasteiger partial charge in [-0.05, 0) is 30.7 Å². The van der Waals surface area contributed by atoms with Crippen molar-refractivity contribution in [2.24, 2.45) is 0 Å². The van der Waals surface area contributed by atoms with Gasteiger partial charge in [-0.25, -0.2) is 0 Å². The van der Waals surface area contributed by atoms with E-state index in [-0.39, 0.29) is 15.4 Å². The summed E-state index contributed by atoms with van der Waals surface area (Å²) in [5.41, 5.74) is 1.58. The molecule has 0 atom stereocenters. The molecule has 0 bridgehead atoms. The number of anilines is 2. The Morgan fingerprint density at radius 3 is 2.76 bits per heavy atom. The van der Waals surface area contributed by atoms with Crippen LogP contribution >= 0.6 is 11.3 Å². The van der Waals surface area contributed by atoms with Crippen molar-refractivity contribution in [1.82, 2.24) is 10.2 Å². The molecule has 2 aromatic carbocycles. The van der Waals surface area contributed by atoms with Crippen molar-refractivity contribution in [2.75, 3.05) is 16.6 Å². The summed E-state index contributed by atoms with van der Waals surface area (Å²) in [5.74, 6) is 0.108. The number of nitrogens with one attached hydrogen (secondary N) is 2. The summed E-state index contributed by atoms with van der Waals surface area (Å²) in [5, 5.41) is 10.1. The Morgan fingerprint density at radius 1 is 1.21 bits per heavy atom. The van der Waals surface area contributed by atoms with E-state index in [0.29, 0.717) is 23.6 Å². The molecule has 3 aromatic rings. The van der Waals surface area contributed by atoms with Crippen LogP contribution in [-0.2, 0) is 10.0 Å². The Labute approximate surface area is 172 Å². The van der Waals surface area contributed by atoms with Gasteiger partial charge in [0.15, 0.2) is 0 Å². The molecular weight excluding hydrogens is 412 g/mol. The highest BCUT2D eigenvalue weighted by molar-refractivity contribution is 7.94. The van der Waals surface area contributed by atoms with E-state index in [1.807, 2.05) is 19.1 Å². The van der Waals surface area contributed by atoms with Gasteiger partial charge in [-0.2, -0.15) is 8.42 Å². The number of aryl methyl sites for hydroxylation is 1. The molecule has 0 saturated carbocycles. The van der Waals surface area contributed by atoms with E-state index in [9.17, 15) is 13.2 Å². The third-order valence-electron chi connectivity index (χ3n) is 3.70. The monoisotopic (exact) mass is 430 g/mol. The zero-order chi connectivity index (χ0) is 20.9. The molecule has 150 valence electrons. The highest BCUT2D eigenvalue weighted by atomic mass is 32.2. The molecule has 0 unspecified atom stereocenters. The molecule has 8 nitrogen and oxygen atoms in total. The molecule has 0 fully saturated rings. The third-order valence-corrected chi connectivity index (χ3v) is 6.29. The molecule has 0 aliphatic heterocycles. The number of nitrogens with zero attached hydrogens (tertiary/aromatic N) is 2. The number of hydrogen-bond donors (Lipinski definition) is 2. The second kappa shape index (κ2) is 8.84. The van der Waals surface area contributed by atoms with Crippen LogP contribution in [0.25, 0.3) is 0 Å². The fourth-order valence-corrected chi connectivity index (χ4v) is 4.31. The molecule has 0 aliphatic rings. The van der Waals surface area contributed by atoms with Crippen LogP contribution in [0.5, 0.6) is 5.75 Å². The molecule has 0 aliphatic carbocycles. The smallest absolute Gasteiger partial charge is 0.291 e. The lowest BCUT2D eigenvalue weighted by Crippen LogP contribution is -2.13. The largest absolute Gasteiger partial charge is 0.489 e. The number of benzene rings is 2. The average Bonchev–Trinajstić information content (AvgIpc) is 3.16. The van der Waals surface area contributed by atoms with Crippen LogP contribution < -0.4 is 14.8 Å². The second-order valence-corrected chi connectivity index (χ2v) is 8.71. The number of aromatic nitrogens is 2. The molecule has 3 rings (SSSR count). The van der Waals surface area contributed by atoms with Gasteiger partial charge in [-0.15, -0.1) is 10.2 Å². The Balaban J connectivity index is 1.73. The van der Waals surface area contributed by atoms with Gasteiger partial charge in [0, 0.05) is 11.6 Å². The van der Waals surface area contributed by atoms with Gasteiger partial charge in [0.05, 0.1) is 5.69 Å². The quantitative estimate of drug-likeness (QED) is 0.418. The first-order valence-corrected chi connectivity index (χ1v) is 10.8. The lowest BCUT2D eigenvalue weighted by Gasteiger charge is -2.08. The van der Waals surface area contributed by atoms with Crippen molar-refractivity contribution < 1.29 is 17.9 Å². The van der Waals surface area contributed by atoms with E-state index >= 15 is 0 Å². The van der Waals surface area contributed by atoms with E-state index in [2.05, 4.69) is 26.8 Å². The third kappa shape index (κ3) is 5.18. The standard InChI is InChI=1S/C19H18N4O4S2/c1-3-11-27-15-9-6-8-14(12-15)23-29(25,26)19-22-21-18(28-19)20-17(24)16-10-5-4-7-13(16)2/h3-10,12,23H,1,11H2,2H3,(H,20,21,24). The van der Waals surface area contributed by atoms with Gasteiger partial charge in [0.2, 0.25) is 5.13 Å². The van der Waals surface area contributed by atoms with Gasteiger partial charge < -0.3 is 4.74 Å². The maximum atomic E-state index is 12.6. The lowest BCUT2D eigenvalue weighted by atomic mass is 10.1. The van der Waals surface area contributed by atoms with Crippen LogP contribution in [0.2, 0.25) is 0 Å². The summed E-state index contributed by atoms with van der Waals surface area (Å²) < 4.78 is 32.7. The summed E-state index contributed by atoms with van der Waals surface area (Å²) in [7, 11) is -3.97. The van der Waals surface area contributed by atoms with Crippen LogP contribution in [0.3, 0.4) is 0 Å². The number of hydrogen-bond acceptors (Lipinski definition) is 7. The van der Waals surface area contributed by atoms with Gasteiger partial charge >= 0.3 is 0 Å². The number of rotatable bonds is 8. The zero-order valence-electron chi connectivity index (χ0n) is 15.5. The van der Waals surface area contributed by atoms with Crippen molar-refractivity contribution in [3.8, 4) is 5.75 Å². The molecule has 1 amide bonds. The number of amides is 1. The predicted octanol–water partition coefficient (Wildman–Crippen LogP) is 3.46. The van der Waals surface area contributed by atoms with Gasteiger partial charge in [0.25, 0.3) is 20.3 Å². The highest BCUT2D eigenvalue weighted by Gasteiger charge is 2.22. The summed E-state index contributed by atoms with van der Waals surface area (Å²) >= 11 is 0.757.